The zero-order valence-electron chi connectivity index (χ0n) is 21.5. The molecule has 1 aromatic rings. The fourth-order valence-electron chi connectivity index (χ4n) is 4.49. The minimum Gasteiger partial charge on any atom is -0.380 e. The molecule has 0 heterocycles. The van der Waals surface area contributed by atoms with Crippen molar-refractivity contribution in [3.63, 3.8) is 0 Å². The number of halogens is 12. The summed E-state index contributed by atoms with van der Waals surface area (Å²) < 4.78 is 165. The van der Waals surface area contributed by atoms with Gasteiger partial charge in [0.25, 0.3) is 0 Å². The summed E-state index contributed by atoms with van der Waals surface area (Å²) in [6.07, 6.45) is -23.7. The van der Waals surface area contributed by atoms with Gasteiger partial charge in [0, 0.05) is 5.92 Å². The maximum atomic E-state index is 14.2. The molecule has 0 saturated heterocycles. The maximum Gasteiger partial charge on any atom is 0.424 e. The van der Waals surface area contributed by atoms with Gasteiger partial charge in [-0.3, -0.25) is 0 Å². The molecule has 0 bridgehead atoms. The highest BCUT2D eigenvalue weighted by Gasteiger charge is 2.64. The predicted octanol–water partition coefficient (Wildman–Crippen LogP) is 7.62. The van der Waals surface area contributed by atoms with Gasteiger partial charge in [0.2, 0.25) is 5.60 Å². The standard InChI is InChI=1S/C24H28F12O4/c1-17(37,21(25,26)27)13-7-5-9-15(11-13)19(3,23(31,32)33)39-40-20(4,24(34,35)36)16-10-6-8-14(12-16)18(2,38)22(28,29)30/h5,7,9,11,14,16,37-38H,6,8,10,12H2,1-4H3. The van der Waals surface area contributed by atoms with Crippen LogP contribution in [0.4, 0.5) is 52.7 Å². The van der Waals surface area contributed by atoms with Crippen LogP contribution in [-0.2, 0) is 21.0 Å². The van der Waals surface area contributed by atoms with Crippen LogP contribution in [0.3, 0.4) is 0 Å². The molecule has 16 heteroatoms. The number of hydrogen-bond acceptors (Lipinski definition) is 4. The van der Waals surface area contributed by atoms with Crippen LogP contribution < -0.4 is 0 Å². The minimum absolute atomic E-state index is 0.184. The molecule has 1 aromatic carbocycles. The van der Waals surface area contributed by atoms with Gasteiger partial charge in [-0.2, -0.15) is 52.7 Å². The first-order valence-electron chi connectivity index (χ1n) is 11.8. The quantitative estimate of drug-likeness (QED) is 0.190. The van der Waals surface area contributed by atoms with Crippen molar-refractivity contribution in [3.8, 4) is 0 Å². The molecule has 0 aromatic heterocycles. The molecule has 0 amide bonds. The molecule has 40 heavy (non-hydrogen) atoms. The van der Waals surface area contributed by atoms with E-state index in [9.17, 15) is 62.9 Å². The second-order valence-electron chi connectivity index (χ2n) is 10.7. The van der Waals surface area contributed by atoms with Gasteiger partial charge in [0.15, 0.2) is 16.8 Å². The molecule has 1 aliphatic carbocycles. The summed E-state index contributed by atoms with van der Waals surface area (Å²) in [6.45, 7) is 1.10. The molecule has 1 saturated carbocycles. The highest BCUT2D eigenvalue weighted by molar-refractivity contribution is 5.33. The van der Waals surface area contributed by atoms with Crippen molar-refractivity contribution in [3.05, 3.63) is 35.4 Å². The summed E-state index contributed by atoms with van der Waals surface area (Å²) in [5.74, 6) is -3.67. The van der Waals surface area contributed by atoms with E-state index < -0.39 is 82.9 Å². The third kappa shape index (κ3) is 6.19. The Balaban J connectivity index is 2.52. The first-order chi connectivity index (χ1) is 17.6. The van der Waals surface area contributed by atoms with E-state index in [0.717, 1.165) is 0 Å². The smallest absolute Gasteiger partial charge is 0.380 e. The lowest BCUT2D eigenvalue weighted by atomic mass is 9.68. The summed E-state index contributed by atoms with van der Waals surface area (Å²) in [7, 11) is 0. The lowest BCUT2D eigenvalue weighted by Gasteiger charge is -2.46. The highest BCUT2D eigenvalue weighted by atomic mass is 19.4. The molecule has 1 aliphatic rings. The average Bonchev–Trinajstić information content (AvgIpc) is 2.79. The minimum atomic E-state index is -5.60. The molecule has 2 N–H and O–H groups in total. The Morgan fingerprint density at radius 3 is 1.60 bits per heavy atom. The Hall–Kier alpha value is -1.78. The Bertz CT molecular complexity index is 1030. The third-order valence-electron chi connectivity index (χ3n) is 7.83. The van der Waals surface area contributed by atoms with E-state index in [1.54, 1.807) is 0 Å². The Morgan fingerprint density at radius 1 is 0.650 bits per heavy atom. The van der Waals surface area contributed by atoms with Crippen molar-refractivity contribution in [2.24, 2.45) is 11.8 Å². The van der Waals surface area contributed by atoms with Gasteiger partial charge >= 0.3 is 24.7 Å². The van der Waals surface area contributed by atoms with Crippen LogP contribution in [-0.4, -0.2) is 46.1 Å². The van der Waals surface area contributed by atoms with E-state index in [0.29, 0.717) is 25.1 Å². The van der Waals surface area contributed by atoms with Crippen LogP contribution >= 0.6 is 0 Å². The summed E-state index contributed by atoms with van der Waals surface area (Å²) >= 11 is 0. The van der Waals surface area contributed by atoms with Crippen LogP contribution in [0.25, 0.3) is 0 Å². The Morgan fingerprint density at radius 2 is 1.15 bits per heavy atom. The molecule has 0 aliphatic heterocycles. The van der Waals surface area contributed by atoms with Crippen molar-refractivity contribution in [1.82, 2.24) is 0 Å². The molecule has 232 valence electrons. The second-order valence-corrected chi connectivity index (χ2v) is 10.7. The summed E-state index contributed by atoms with van der Waals surface area (Å²) in [5, 5.41) is 19.9. The third-order valence-corrected chi connectivity index (χ3v) is 7.83. The van der Waals surface area contributed by atoms with Crippen molar-refractivity contribution in [1.29, 1.82) is 0 Å². The van der Waals surface area contributed by atoms with Crippen molar-refractivity contribution < 1.29 is 72.7 Å². The normalized spacial score (nSPS) is 25.9. The van der Waals surface area contributed by atoms with Gasteiger partial charge in [0.1, 0.15) is 0 Å². The van der Waals surface area contributed by atoms with Crippen LogP contribution in [0.2, 0.25) is 0 Å². The van der Waals surface area contributed by atoms with Crippen LogP contribution in [0.1, 0.15) is 64.5 Å². The highest BCUT2D eigenvalue weighted by Crippen LogP contribution is 2.53. The molecule has 4 nitrogen and oxygen atoms in total. The Labute approximate surface area is 221 Å². The van der Waals surface area contributed by atoms with Gasteiger partial charge in [0.05, 0.1) is 0 Å². The fraction of sp³-hybridized carbons (Fsp3) is 0.750. The van der Waals surface area contributed by atoms with E-state index in [2.05, 4.69) is 9.78 Å². The van der Waals surface area contributed by atoms with E-state index in [1.165, 1.54) is 0 Å². The van der Waals surface area contributed by atoms with Crippen molar-refractivity contribution in [2.45, 2.75) is 100 Å². The van der Waals surface area contributed by atoms with E-state index in [4.69, 9.17) is 0 Å². The van der Waals surface area contributed by atoms with Crippen molar-refractivity contribution >= 4 is 0 Å². The average molecular weight is 608 g/mol. The molecular weight excluding hydrogens is 580 g/mol. The maximum absolute atomic E-state index is 14.2. The fourth-order valence-corrected chi connectivity index (χ4v) is 4.49. The lowest BCUT2D eigenvalue weighted by molar-refractivity contribution is -0.498. The summed E-state index contributed by atoms with van der Waals surface area (Å²) in [5.41, 5.74) is -16.8. The number of hydrogen-bond donors (Lipinski definition) is 2. The van der Waals surface area contributed by atoms with E-state index >= 15 is 0 Å². The summed E-state index contributed by atoms with van der Waals surface area (Å²) in [6, 6.07) is 2.16. The first kappa shape index (κ1) is 34.4. The van der Waals surface area contributed by atoms with Gasteiger partial charge in [-0.05, 0) is 70.1 Å². The summed E-state index contributed by atoms with van der Waals surface area (Å²) in [4.78, 5) is 8.80. The predicted molar refractivity (Wildman–Crippen MR) is 114 cm³/mol. The second kappa shape index (κ2) is 10.5. The SMILES string of the molecule is CC(O)(c1cccc(C(C)(OOC(C)(C2CCCC(C(C)(O)C(F)(F)F)C2)C(F)(F)F)C(F)(F)F)c1)C(F)(F)F. The first-order valence-corrected chi connectivity index (χ1v) is 11.8. The monoisotopic (exact) mass is 608 g/mol. The van der Waals surface area contributed by atoms with Gasteiger partial charge in [-0.15, -0.1) is 0 Å². The molecule has 0 spiro atoms. The number of rotatable bonds is 7. The molecule has 6 unspecified atom stereocenters. The zero-order chi connectivity index (χ0) is 31.4. The van der Waals surface area contributed by atoms with E-state index in [1.807, 2.05) is 0 Å². The van der Waals surface area contributed by atoms with Crippen LogP contribution in [0, 0.1) is 11.8 Å². The number of benzene rings is 1. The lowest BCUT2D eigenvalue weighted by Crippen LogP contribution is -2.57. The largest absolute Gasteiger partial charge is 0.424 e. The van der Waals surface area contributed by atoms with Gasteiger partial charge < -0.3 is 10.2 Å². The van der Waals surface area contributed by atoms with Gasteiger partial charge in [-0.1, -0.05) is 24.6 Å². The van der Waals surface area contributed by atoms with E-state index in [-0.39, 0.29) is 39.7 Å². The molecule has 6 atom stereocenters. The molecule has 2 rings (SSSR count). The topological polar surface area (TPSA) is 58.9 Å². The zero-order valence-corrected chi connectivity index (χ0v) is 21.5. The molecular formula is C24H28F12O4. The van der Waals surface area contributed by atoms with Crippen LogP contribution in [0.15, 0.2) is 24.3 Å². The molecule has 0 radical (unpaired) electrons. The Kier molecular flexibility index (Phi) is 9.03. The van der Waals surface area contributed by atoms with Crippen molar-refractivity contribution in [2.75, 3.05) is 0 Å². The number of alkyl halides is 12. The number of aliphatic hydroxyl groups is 2. The van der Waals surface area contributed by atoms with Gasteiger partial charge in [-0.25, -0.2) is 9.78 Å². The van der Waals surface area contributed by atoms with Crippen LogP contribution in [0.5, 0.6) is 0 Å². The molecule has 1 fully saturated rings.